The lowest BCUT2D eigenvalue weighted by Crippen LogP contribution is -1.93. The molecule has 0 saturated carbocycles. The van der Waals surface area contributed by atoms with Gasteiger partial charge in [-0.15, -0.1) is 0 Å². The average molecular weight is 253 g/mol. The van der Waals surface area contributed by atoms with Crippen LogP contribution in [0.5, 0.6) is 0 Å². The molecule has 0 saturated heterocycles. The maximum absolute atomic E-state index is 6.11. The molecule has 2 rings (SSSR count). The molecule has 4 heteroatoms. The molecule has 0 atom stereocenters. The van der Waals surface area contributed by atoms with Gasteiger partial charge in [-0.2, -0.15) is 0 Å². The number of anilines is 2. The van der Waals surface area contributed by atoms with Crippen LogP contribution in [0.1, 0.15) is 0 Å². The van der Waals surface area contributed by atoms with E-state index in [1.54, 1.807) is 36.4 Å². The van der Waals surface area contributed by atoms with Crippen LogP contribution in [0.2, 0.25) is 10.0 Å². The van der Waals surface area contributed by atoms with E-state index in [4.69, 9.17) is 34.7 Å². The molecule has 0 spiro atoms. The third-order valence-electron chi connectivity index (χ3n) is 2.31. The summed E-state index contributed by atoms with van der Waals surface area (Å²) >= 11 is 12.2. The van der Waals surface area contributed by atoms with E-state index in [1.807, 2.05) is 0 Å². The SMILES string of the molecule is Nc1ccc(Cl)c(-c2c(N)cccc2Cl)c1. The van der Waals surface area contributed by atoms with Crippen molar-refractivity contribution in [3.05, 3.63) is 46.4 Å². The molecule has 82 valence electrons. The monoisotopic (exact) mass is 252 g/mol. The Kier molecular flexibility index (Phi) is 2.95. The van der Waals surface area contributed by atoms with Gasteiger partial charge < -0.3 is 11.5 Å². The van der Waals surface area contributed by atoms with Gasteiger partial charge in [0.25, 0.3) is 0 Å². The van der Waals surface area contributed by atoms with Crippen molar-refractivity contribution in [3.8, 4) is 11.1 Å². The molecule has 2 aromatic rings. The number of halogens is 2. The Hall–Kier alpha value is -1.38. The molecule has 0 unspecified atom stereocenters. The molecule has 0 bridgehead atoms. The topological polar surface area (TPSA) is 52.0 Å². The van der Waals surface area contributed by atoms with Crippen molar-refractivity contribution in [3.63, 3.8) is 0 Å². The summed E-state index contributed by atoms with van der Waals surface area (Å²) in [5.74, 6) is 0. The fraction of sp³-hybridized carbons (Fsp3) is 0. The summed E-state index contributed by atoms with van der Waals surface area (Å²) in [6, 6.07) is 10.6. The van der Waals surface area contributed by atoms with E-state index >= 15 is 0 Å². The molecule has 16 heavy (non-hydrogen) atoms. The van der Waals surface area contributed by atoms with Gasteiger partial charge in [0.15, 0.2) is 0 Å². The minimum Gasteiger partial charge on any atom is -0.399 e. The highest BCUT2D eigenvalue weighted by Gasteiger charge is 2.11. The highest BCUT2D eigenvalue weighted by molar-refractivity contribution is 6.37. The van der Waals surface area contributed by atoms with Crippen molar-refractivity contribution in [2.45, 2.75) is 0 Å². The van der Waals surface area contributed by atoms with Gasteiger partial charge in [-0.05, 0) is 30.3 Å². The van der Waals surface area contributed by atoms with Gasteiger partial charge in [-0.3, -0.25) is 0 Å². The maximum atomic E-state index is 6.11. The van der Waals surface area contributed by atoms with Crippen LogP contribution in [0.15, 0.2) is 36.4 Å². The predicted octanol–water partition coefficient (Wildman–Crippen LogP) is 3.82. The predicted molar refractivity (Wildman–Crippen MR) is 70.7 cm³/mol. The summed E-state index contributed by atoms with van der Waals surface area (Å²) in [7, 11) is 0. The molecule has 0 heterocycles. The normalized spacial score (nSPS) is 10.4. The zero-order valence-electron chi connectivity index (χ0n) is 8.37. The number of nitrogens with two attached hydrogens (primary N) is 2. The van der Waals surface area contributed by atoms with Crippen LogP contribution in [0.4, 0.5) is 11.4 Å². The van der Waals surface area contributed by atoms with Gasteiger partial charge in [0.1, 0.15) is 0 Å². The average Bonchev–Trinajstić information content (AvgIpc) is 2.23. The second-order valence-electron chi connectivity index (χ2n) is 3.44. The number of rotatable bonds is 1. The van der Waals surface area contributed by atoms with Crippen molar-refractivity contribution in [2.24, 2.45) is 0 Å². The van der Waals surface area contributed by atoms with Crippen LogP contribution in [-0.4, -0.2) is 0 Å². The molecule has 2 aromatic carbocycles. The largest absolute Gasteiger partial charge is 0.399 e. The van der Waals surface area contributed by atoms with Crippen LogP contribution in [0, 0.1) is 0 Å². The lowest BCUT2D eigenvalue weighted by molar-refractivity contribution is 1.60. The molecule has 0 aliphatic carbocycles. The van der Waals surface area contributed by atoms with E-state index in [-0.39, 0.29) is 0 Å². The van der Waals surface area contributed by atoms with E-state index in [0.29, 0.717) is 21.4 Å². The third-order valence-corrected chi connectivity index (χ3v) is 2.95. The number of hydrogen-bond donors (Lipinski definition) is 2. The van der Waals surface area contributed by atoms with Crippen LogP contribution < -0.4 is 11.5 Å². The molecule has 0 radical (unpaired) electrons. The molecule has 0 amide bonds. The maximum Gasteiger partial charge on any atom is 0.0505 e. The molecule has 0 fully saturated rings. The Morgan fingerprint density at radius 3 is 2.31 bits per heavy atom. The first kappa shape index (κ1) is 11.1. The van der Waals surface area contributed by atoms with Crippen LogP contribution in [-0.2, 0) is 0 Å². The molecule has 0 aliphatic rings. The summed E-state index contributed by atoms with van der Waals surface area (Å²) < 4.78 is 0. The van der Waals surface area contributed by atoms with Crippen LogP contribution >= 0.6 is 23.2 Å². The fourth-order valence-electron chi connectivity index (χ4n) is 1.56. The Morgan fingerprint density at radius 1 is 0.875 bits per heavy atom. The first-order valence-corrected chi connectivity index (χ1v) is 5.44. The molecular weight excluding hydrogens is 243 g/mol. The van der Waals surface area contributed by atoms with Crippen molar-refractivity contribution in [1.29, 1.82) is 0 Å². The summed E-state index contributed by atoms with van der Waals surface area (Å²) in [5, 5.41) is 1.14. The lowest BCUT2D eigenvalue weighted by Gasteiger charge is -2.10. The molecular formula is C12H10Cl2N2. The number of benzene rings is 2. The second kappa shape index (κ2) is 4.24. The van der Waals surface area contributed by atoms with Gasteiger partial charge in [0.05, 0.1) is 5.02 Å². The lowest BCUT2D eigenvalue weighted by atomic mass is 10.0. The minimum atomic E-state index is 0.563. The summed E-state index contributed by atoms with van der Waals surface area (Å²) in [5.41, 5.74) is 14.3. The molecule has 2 nitrogen and oxygen atoms in total. The van der Waals surface area contributed by atoms with E-state index in [9.17, 15) is 0 Å². The molecule has 0 aromatic heterocycles. The summed E-state index contributed by atoms with van der Waals surface area (Å²) in [6.07, 6.45) is 0. The smallest absolute Gasteiger partial charge is 0.0505 e. The van der Waals surface area contributed by atoms with Crippen molar-refractivity contribution >= 4 is 34.6 Å². The molecule has 4 N–H and O–H groups in total. The van der Waals surface area contributed by atoms with E-state index in [0.717, 1.165) is 11.1 Å². The quantitative estimate of drug-likeness (QED) is 0.759. The fourth-order valence-corrected chi connectivity index (χ4v) is 2.06. The van der Waals surface area contributed by atoms with Crippen molar-refractivity contribution in [1.82, 2.24) is 0 Å². The highest BCUT2D eigenvalue weighted by Crippen LogP contribution is 2.38. The van der Waals surface area contributed by atoms with Gasteiger partial charge in [0.2, 0.25) is 0 Å². The van der Waals surface area contributed by atoms with Crippen LogP contribution in [0.25, 0.3) is 11.1 Å². The van der Waals surface area contributed by atoms with Crippen molar-refractivity contribution in [2.75, 3.05) is 11.5 Å². The van der Waals surface area contributed by atoms with Crippen molar-refractivity contribution < 1.29 is 0 Å². The minimum absolute atomic E-state index is 0.563. The van der Waals surface area contributed by atoms with Gasteiger partial charge in [-0.25, -0.2) is 0 Å². The summed E-state index contributed by atoms with van der Waals surface area (Å²) in [6.45, 7) is 0. The van der Waals surface area contributed by atoms with Gasteiger partial charge in [-0.1, -0.05) is 29.3 Å². The number of nitrogen functional groups attached to an aromatic ring is 2. The van der Waals surface area contributed by atoms with E-state index in [2.05, 4.69) is 0 Å². The summed E-state index contributed by atoms with van der Waals surface area (Å²) in [4.78, 5) is 0. The van der Waals surface area contributed by atoms with Gasteiger partial charge >= 0.3 is 0 Å². The Morgan fingerprint density at radius 2 is 1.62 bits per heavy atom. The third kappa shape index (κ3) is 1.94. The first-order chi connectivity index (χ1) is 7.59. The highest BCUT2D eigenvalue weighted by atomic mass is 35.5. The number of hydrogen-bond acceptors (Lipinski definition) is 2. The second-order valence-corrected chi connectivity index (χ2v) is 4.26. The van der Waals surface area contributed by atoms with E-state index < -0.39 is 0 Å². The van der Waals surface area contributed by atoms with Gasteiger partial charge in [0, 0.05) is 27.5 Å². The zero-order valence-corrected chi connectivity index (χ0v) is 9.89. The Balaban J connectivity index is 2.72. The van der Waals surface area contributed by atoms with E-state index in [1.165, 1.54) is 0 Å². The Bertz CT molecular complexity index is 518. The Labute approximate surface area is 104 Å². The first-order valence-electron chi connectivity index (χ1n) is 4.69. The zero-order chi connectivity index (χ0) is 11.7. The standard InChI is InChI=1S/C12H10Cl2N2/c13-9-5-4-7(15)6-8(9)12-10(14)2-1-3-11(12)16/h1-6H,15-16H2. The van der Waals surface area contributed by atoms with Crippen LogP contribution in [0.3, 0.4) is 0 Å². The molecule has 0 aliphatic heterocycles.